The van der Waals surface area contributed by atoms with Gasteiger partial charge in [-0.2, -0.15) is 10.2 Å². The molecule has 3 amide bonds. The van der Waals surface area contributed by atoms with Gasteiger partial charge in [0.05, 0.1) is 58.0 Å². The fraction of sp³-hybridized carbons (Fsp3) is 0.171. The van der Waals surface area contributed by atoms with Crippen molar-refractivity contribution in [3.05, 3.63) is 250 Å². The van der Waals surface area contributed by atoms with Crippen LogP contribution in [0.5, 0.6) is 0 Å². The molecule has 6 N–H and O–H groups in total. The van der Waals surface area contributed by atoms with Crippen LogP contribution >= 0.6 is 23.2 Å². The fourth-order valence-electron chi connectivity index (χ4n) is 10.6. The maximum absolute atomic E-state index is 13.2. The number of anilines is 1. The minimum absolute atomic E-state index is 0.0574. The van der Waals surface area contributed by atoms with E-state index in [1.807, 2.05) is 24.3 Å². The first-order valence-electron chi connectivity index (χ1n) is 30.6. The Bertz CT molecular complexity index is 5070. The SMILES string of the molecule is CCCCc1ccc(S(=O)(=O)c2ccc(CNC(=O)c3cc4cnccc4[nH]3)cc2)cc1.O=C(NCc1ccc(S(=O)(=O)c2c(Cl)cccc2Cl)cc1)c1cnc2[nH]ncc2c1.O=C(NCc1ccc(S(=O)(=O)c2cccc(N3CCCCC3)c2)cc1)c1cnc2[nH]ncc2c1. The second-order valence-electron chi connectivity index (χ2n) is 22.5. The number of piperidine rings is 1. The number of hydrogen-bond donors (Lipinski definition) is 6. The van der Waals surface area contributed by atoms with E-state index in [0.29, 0.717) is 39.6 Å². The van der Waals surface area contributed by atoms with Crippen molar-refractivity contribution in [2.24, 2.45) is 0 Å². The van der Waals surface area contributed by atoms with Crippen LogP contribution in [0.25, 0.3) is 33.0 Å². The number of unbranched alkanes of at least 4 members (excludes halogenated alkanes) is 1. The molecule has 6 aromatic carbocycles. The number of benzene rings is 6. The first-order valence-corrected chi connectivity index (χ1v) is 35.8. The lowest BCUT2D eigenvalue weighted by atomic mass is 10.1. The number of nitrogens with one attached hydrogen (secondary N) is 6. The number of halogens is 2. The normalized spacial score (nSPS) is 12.5. The zero-order chi connectivity index (χ0) is 67.4. The lowest BCUT2D eigenvalue weighted by Gasteiger charge is -2.29. The maximum Gasteiger partial charge on any atom is 0.267 e. The highest BCUT2D eigenvalue weighted by atomic mass is 35.5. The van der Waals surface area contributed by atoms with E-state index in [0.717, 1.165) is 94.8 Å². The van der Waals surface area contributed by atoms with Crippen LogP contribution in [0.3, 0.4) is 0 Å². The number of amides is 3. The molecular weight excluding hydrogens is 1320 g/mol. The Morgan fingerprint density at radius 1 is 0.490 bits per heavy atom. The quantitative estimate of drug-likeness (QED) is 0.0438. The topological polar surface area (TPSA) is 305 Å². The van der Waals surface area contributed by atoms with Crippen LogP contribution in [0.15, 0.2) is 230 Å². The Morgan fingerprint density at radius 3 is 1.46 bits per heavy atom. The van der Waals surface area contributed by atoms with Gasteiger partial charge in [0.2, 0.25) is 29.5 Å². The molecular formula is C70H64Cl2N12O9S3. The summed E-state index contributed by atoms with van der Waals surface area (Å²) in [6.45, 7) is 4.82. The summed E-state index contributed by atoms with van der Waals surface area (Å²) in [5, 5.41) is 24.2. The summed E-state index contributed by atoms with van der Waals surface area (Å²) in [7, 11) is -11.1. The minimum Gasteiger partial charge on any atom is -0.372 e. The summed E-state index contributed by atoms with van der Waals surface area (Å²) in [4.78, 5) is 55.9. The Labute approximate surface area is 563 Å². The van der Waals surface area contributed by atoms with Crippen LogP contribution in [0.4, 0.5) is 5.69 Å². The number of rotatable bonds is 19. The Hall–Kier alpha value is -10.1. The molecule has 26 heteroatoms. The van der Waals surface area contributed by atoms with E-state index in [1.165, 1.54) is 43.1 Å². The van der Waals surface area contributed by atoms with Crippen LogP contribution in [-0.2, 0) is 55.6 Å². The summed E-state index contributed by atoms with van der Waals surface area (Å²) in [5.41, 5.74) is 7.77. The molecule has 0 bridgehead atoms. The number of carbonyl (C=O) groups is 3. The average molecular weight is 1380 g/mol. The molecule has 0 unspecified atom stereocenters. The molecule has 1 saturated heterocycles. The third kappa shape index (κ3) is 16.0. The Balaban J connectivity index is 0.000000147. The standard InChI is InChI=1S/C25H25N5O3S.C25H25N3O3S.C20H14Cl2N4O3S/c31-25(20-13-19-17-28-29-24(19)26-16-20)27-15-18-7-9-22(10-8-18)34(32,33)23-6-4-5-21(14-23)30-11-2-1-3-12-30;1-2-3-4-18-5-9-21(10-6-18)32(30,31)22-11-7-19(8-12-22)16-27-25(29)24-15-20-17-26-14-13-23(20)28-24;21-16-2-1-3-17(22)18(16)30(28,29)15-6-4-12(5-7-15)9-24-20(27)14-8-13-11-25-26-19(13)23-10-14/h4-10,13-14,16-17H,1-3,11-12,15H2,(H,27,31)(H,26,28,29);5-15,17,28H,2-4,16H2,1H3,(H,27,29);1-8,10-11H,9H2,(H,24,27)(H,23,25,26). The number of fused-ring (bicyclic) bond motifs is 3. The minimum atomic E-state index is -3.87. The summed E-state index contributed by atoms with van der Waals surface area (Å²) in [6, 6.07) is 45.1. The van der Waals surface area contributed by atoms with Crippen molar-refractivity contribution in [2.75, 3.05) is 18.0 Å². The molecule has 0 atom stereocenters. The van der Waals surface area contributed by atoms with E-state index in [4.69, 9.17) is 23.2 Å². The first kappa shape index (κ1) is 67.3. The average Bonchev–Trinajstić information content (AvgIpc) is 1.19. The second kappa shape index (κ2) is 30.1. The van der Waals surface area contributed by atoms with E-state index in [9.17, 15) is 39.6 Å². The monoisotopic (exact) mass is 1380 g/mol. The number of hydrogen-bond acceptors (Lipinski definition) is 15. The highest BCUT2D eigenvalue weighted by Gasteiger charge is 2.25. The molecule has 13 rings (SSSR count). The van der Waals surface area contributed by atoms with Crippen LogP contribution in [0, 0.1) is 0 Å². The predicted molar refractivity (Wildman–Crippen MR) is 367 cm³/mol. The van der Waals surface area contributed by atoms with E-state index in [1.54, 1.807) is 140 Å². The number of carbonyl (C=O) groups excluding carboxylic acids is 3. The number of nitrogens with zero attached hydrogens (tertiary/aromatic N) is 6. The highest BCUT2D eigenvalue weighted by molar-refractivity contribution is 7.92. The molecule has 7 heterocycles. The van der Waals surface area contributed by atoms with Crippen LogP contribution in [-0.4, -0.2) is 96.4 Å². The van der Waals surface area contributed by atoms with Gasteiger partial charge in [0, 0.05) is 84.9 Å². The van der Waals surface area contributed by atoms with E-state index < -0.39 is 29.5 Å². The summed E-state index contributed by atoms with van der Waals surface area (Å²) in [5.74, 6) is -0.798. The summed E-state index contributed by atoms with van der Waals surface area (Å²) >= 11 is 12.1. The zero-order valence-electron chi connectivity index (χ0n) is 51.7. The van der Waals surface area contributed by atoms with Gasteiger partial charge in [-0.25, -0.2) is 35.2 Å². The third-order valence-electron chi connectivity index (χ3n) is 15.9. The smallest absolute Gasteiger partial charge is 0.267 e. The van der Waals surface area contributed by atoms with Crippen molar-refractivity contribution < 1.29 is 39.6 Å². The van der Waals surface area contributed by atoms with Gasteiger partial charge in [0.1, 0.15) is 10.6 Å². The van der Waals surface area contributed by atoms with E-state index in [-0.39, 0.29) is 65.3 Å². The van der Waals surface area contributed by atoms with Crippen molar-refractivity contribution in [1.82, 2.24) is 56.3 Å². The van der Waals surface area contributed by atoms with Crippen LogP contribution < -0.4 is 20.9 Å². The van der Waals surface area contributed by atoms with Crippen LogP contribution in [0.2, 0.25) is 10.0 Å². The molecule has 0 saturated carbocycles. The number of aromatic nitrogens is 8. The zero-order valence-corrected chi connectivity index (χ0v) is 55.6. The van der Waals surface area contributed by atoms with Crippen molar-refractivity contribution >= 4 is 109 Å². The fourth-order valence-corrected chi connectivity index (χ4v) is 15.5. The molecule has 1 fully saturated rings. The predicted octanol–water partition coefficient (Wildman–Crippen LogP) is 12.4. The highest BCUT2D eigenvalue weighted by Crippen LogP contribution is 2.34. The molecule has 6 aromatic heterocycles. The van der Waals surface area contributed by atoms with Crippen molar-refractivity contribution in [3.8, 4) is 0 Å². The van der Waals surface area contributed by atoms with Gasteiger partial charge < -0.3 is 25.8 Å². The summed E-state index contributed by atoms with van der Waals surface area (Å²) in [6.07, 6.45) is 16.1. The first-order chi connectivity index (χ1) is 46.3. The lowest BCUT2D eigenvalue weighted by Crippen LogP contribution is -2.29. The number of aryl methyl sites for hydroxylation is 1. The number of pyridine rings is 3. The van der Waals surface area contributed by atoms with Gasteiger partial charge in [-0.1, -0.05) is 97.2 Å². The van der Waals surface area contributed by atoms with Gasteiger partial charge >= 0.3 is 0 Å². The van der Waals surface area contributed by atoms with E-state index in [2.05, 4.69) is 68.1 Å². The number of aromatic amines is 3. The van der Waals surface area contributed by atoms with E-state index >= 15 is 0 Å². The number of H-pyrrole nitrogens is 3. The van der Waals surface area contributed by atoms with Gasteiger partial charge in [-0.15, -0.1) is 0 Å². The molecule has 0 spiro atoms. The molecule has 12 aromatic rings. The third-order valence-corrected chi connectivity index (χ3v) is 22.2. The molecule has 21 nitrogen and oxygen atoms in total. The molecule has 0 radical (unpaired) electrons. The Kier molecular flexibility index (Phi) is 21.1. The molecule has 490 valence electrons. The number of sulfone groups is 3. The van der Waals surface area contributed by atoms with Gasteiger partial charge in [0.15, 0.2) is 11.3 Å². The molecule has 1 aliphatic rings. The summed E-state index contributed by atoms with van der Waals surface area (Å²) < 4.78 is 78.0. The lowest BCUT2D eigenvalue weighted by molar-refractivity contribution is 0.0940. The van der Waals surface area contributed by atoms with Crippen LogP contribution in [0.1, 0.15) is 92.5 Å². The van der Waals surface area contributed by atoms with Crippen molar-refractivity contribution in [1.29, 1.82) is 0 Å². The van der Waals surface area contributed by atoms with Gasteiger partial charge in [-0.3, -0.25) is 29.6 Å². The van der Waals surface area contributed by atoms with Crippen molar-refractivity contribution in [2.45, 2.75) is 94.5 Å². The maximum atomic E-state index is 13.2. The molecule has 96 heavy (non-hydrogen) atoms. The Morgan fingerprint density at radius 2 is 0.958 bits per heavy atom. The molecule has 0 aliphatic carbocycles. The largest absolute Gasteiger partial charge is 0.372 e. The molecule has 1 aliphatic heterocycles. The second-order valence-corrected chi connectivity index (χ2v) is 29.1. The van der Waals surface area contributed by atoms with Gasteiger partial charge in [0.25, 0.3) is 17.7 Å². The van der Waals surface area contributed by atoms with Gasteiger partial charge in [-0.05, 0) is 157 Å². The van der Waals surface area contributed by atoms with Crippen molar-refractivity contribution in [3.63, 3.8) is 0 Å².